The maximum absolute atomic E-state index is 12.8. The van der Waals surface area contributed by atoms with E-state index in [1.165, 1.54) is 83.5 Å². The van der Waals surface area contributed by atoms with Gasteiger partial charge in [0.25, 0.3) is 0 Å². The summed E-state index contributed by atoms with van der Waals surface area (Å²) in [5, 5.41) is 0. The second-order valence-electron chi connectivity index (χ2n) is 17.2. The van der Waals surface area contributed by atoms with Crippen LogP contribution in [0.5, 0.6) is 0 Å². The van der Waals surface area contributed by atoms with Gasteiger partial charge in [-0.25, -0.2) is 0 Å². The molecule has 0 saturated heterocycles. The Labute approximate surface area is 400 Å². The van der Waals surface area contributed by atoms with Crippen molar-refractivity contribution in [2.45, 2.75) is 232 Å². The fraction of sp³-hybridized carbons (Fsp3) is 0.644. The predicted molar refractivity (Wildman–Crippen MR) is 279 cm³/mol. The molecular weight excluding hydrogens is 805 g/mol. The van der Waals surface area contributed by atoms with Crippen molar-refractivity contribution >= 4 is 17.9 Å². The molecule has 0 bridgehead atoms. The molecule has 0 heterocycles. The number of esters is 3. The average molecular weight is 901 g/mol. The molecule has 0 aromatic rings. The molecular formula is C59H96O6. The summed E-state index contributed by atoms with van der Waals surface area (Å²) in [6, 6.07) is 0. The molecule has 368 valence electrons. The quantitative estimate of drug-likeness (QED) is 0.0199. The summed E-state index contributed by atoms with van der Waals surface area (Å²) >= 11 is 0. The third-order valence-corrected chi connectivity index (χ3v) is 10.9. The lowest BCUT2D eigenvalue weighted by atomic mass is 10.1. The van der Waals surface area contributed by atoms with Gasteiger partial charge in [-0.3, -0.25) is 14.4 Å². The number of allylic oxidation sites excluding steroid dienone is 18. The first-order valence-electron chi connectivity index (χ1n) is 26.5. The monoisotopic (exact) mass is 901 g/mol. The van der Waals surface area contributed by atoms with Crippen molar-refractivity contribution in [1.82, 2.24) is 0 Å². The summed E-state index contributed by atoms with van der Waals surface area (Å²) in [6.45, 7) is 6.40. The molecule has 65 heavy (non-hydrogen) atoms. The maximum Gasteiger partial charge on any atom is 0.306 e. The van der Waals surface area contributed by atoms with E-state index in [9.17, 15) is 14.4 Å². The van der Waals surface area contributed by atoms with E-state index in [-0.39, 0.29) is 37.5 Å². The Balaban J connectivity index is 4.52. The van der Waals surface area contributed by atoms with Crippen LogP contribution in [0.1, 0.15) is 226 Å². The van der Waals surface area contributed by atoms with Gasteiger partial charge in [-0.15, -0.1) is 0 Å². The highest BCUT2D eigenvalue weighted by Gasteiger charge is 2.19. The summed E-state index contributed by atoms with van der Waals surface area (Å²) < 4.78 is 16.7. The third kappa shape index (κ3) is 50.9. The summed E-state index contributed by atoms with van der Waals surface area (Å²) in [5.74, 6) is -0.980. The number of ether oxygens (including phenoxy) is 3. The van der Waals surface area contributed by atoms with Crippen LogP contribution in [0.15, 0.2) is 109 Å². The Hall–Kier alpha value is -3.93. The zero-order valence-corrected chi connectivity index (χ0v) is 42.0. The second-order valence-corrected chi connectivity index (χ2v) is 17.2. The highest BCUT2D eigenvalue weighted by Crippen LogP contribution is 2.13. The Morgan fingerprint density at radius 2 is 0.615 bits per heavy atom. The van der Waals surface area contributed by atoms with E-state index in [0.717, 1.165) is 96.3 Å². The van der Waals surface area contributed by atoms with Gasteiger partial charge in [0.2, 0.25) is 0 Å². The molecule has 6 heteroatoms. The number of unbranched alkanes of at least 4 members (excludes halogenated alkanes) is 23. The molecule has 6 nitrogen and oxygen atoms in total. The molecule has 0 rings (SSSR count). The van der Waals surface area contributed by atoms with Crippen LogP contribution in [0.4, 0.5) is 0 Å². The lowest BCUT2D eigenvalue weighted by Crippen LogP contribution is -2.30. The number of hydrogen-bond donors (Lipinski definition) is 0. The highest BCUT2D eigenvalue weighted by atomic mass is 16.6. The van der Waals surface area contributed by atoms with E-state index in [2.05, 4.69) is 69.4 Å². The number of rotatable bonds is 46. The molecule has 0 fully saturated rings. The largest absolute Gasteiger partial charge is 0.462 e. The summed E-state index contributed by atoms with van der Waals surface area (Å²) in [7, 11) is 0. The van der Waals surface area contributed by atoms with Crippen LogP contribution < -0.4 is 0 Å². The summed E-state index contributed by atoms with van der Waals surface area (Å²) in [5.41, 5.74) is 0. The molecule has 0 amide bonds. The van der Waals surface area contributed by atoms with Gasteiger partial charge < -0.3 is 14.2 Å². The molecule has 0 N–H and O–H groups in total. The Morgan fingerprint density at radius 3 is 1.05 bits per heavy atom. The van der Waals surface area contributed by atoms with Gasteiger partial charge in [-0.05, 0) is 89.9 Å². The van der Waals surface area contributed by atoms with E-state index in [1.54, 1.807) is 0 Å². The normalized spacial score (nSPS) is 13.0. The average Bonchev–Trinajstić information content (AvgIpc) is 3.30. The predicted octanol–water partition coefficient (Wildman–Crippen LogP) is 17.5. The topological polar surface area (TPSA) is 78.9 Å². The number of carbonyl (C=O) groups is 3. The molecule has 1 atom stereocenters. The van der Waals surface area contributed by atoms with Crippen LogP contribution in [0.3, 0.4) is 0 Å². The van der Waals surface area contributed by atoms with Crippen LogP contribution in [-0.4, -0.2) is 37.2 Å². The van der Waals surface area contributed by atoms with Gasteiger partial charge in [-0.1, -0.05) is 226 Å². The zero-order chi connectivity index (χ0) is 47.2. The minimum atomic E-state index is -0.813. The molecule has 0 aromatic heterocycles. The third-order valence-electron chi connectivity index (χ3n) is 10.9. The van der Waals surface area contributed by atoms with Crippen LogP contribution in [0.25, 0.3) is 0 Å². The second kappa shape index (κ2) is 52.7. The number of hydrogen-bond acceptors (Lipinski definition) is 6. The van der Waals surface area contributed by atoms with Crippen molar-refractivity contribution in [2.24, 2.45) is 0 Å². The lowest BCUT2D eigenvalue weighted by molar-refractivity contribution is -0.167. The first kappa shape index (κ1) is 61.1. The zero-order valence-electron chi connectivity index (χ0n) is 42.0. The Bertz CT molecular complexity index is 1360. The van der Waals surface area contributed by atoms with E-state index in [0.29, 0.717) is 19.3 Å². The molecule has 0 aliphatic rings. The van der Waals surface area contributed by atoms with E-state index < -0.39 is 6.10 Å². The minimum absolute atomic E-state index is 0.108. The smallest absolute Gasteiger partial charge is 0.306 e. The van der Waals surface area contributed by atoms with Crippen molar-refractivity contribution in [2.75, 3.05) is 13.2 Å². The molecule has 0 aromatic carbocycles. The van der Waals surface area contributed by atoms with Crippen molar-refractivity contribution < 1.29 is 28.6 Å². The van der Waals surface area contributed by atoms with Crippen molar-refractivity contribution in [1.29, 1.82) is 0 Å². The molecule has 0 aliphatic carbocycles. The van der Waals surface area contributed by atoms with Crippen molar-refractivity contribution in [3.8, 4) is 0 Å². The fourth-order valence-corrected chi connectivity index (χ4v) is 6.93. The van der Waals surface area contributed by atoms with Crippen molar-refractivity contribution in [3.05, 3.63) is 109 Å². The van der Waals surface area contributed by atoms with Gasteiger partial charge in [0.1, 0.15) is 13.2 Å². The highest BCUT2D eigenvalue weighted by molar-refractivity contribution is 5.71. The molecule has 0 aliphatic heterocycles. The molecule has 0 radical (unpaired) electrons. The van der Waals surface area contributed by atoms with Gasteiger partial charge in [-0.2, -0.15) is 0 Å². The van der Waals surface area contributed by atoms with Crippen LogP contribution in [-0.2, 0) is 28.6 Å². The standard InChI is InChI=1S/C59H96O6/c1-4-7-10-13-16-19-22-25-27-29-31-32-34-37-40-43-46-49-52-58(61)64-55-56(54-63-57(60)51-48-45-42-39-36-24-21-18-15-12-9-6-3)65-59(62)53-50-47-44-41-38-35-33-30-28-26-23-20-17-14-11-8-5-2/h8,11,14,17-18,20-21,23,26-33,35,38,56H,4-7,9-10,12-13,15-16,19,22,24-25,34,36-37,39-55H2,1-3H3/b11-8-,17-14-,21-18-,23-20-,28-26-,29-27-,32-31-,33-30+,38-35-. The summed E-state index contributed by atoms with van der Waals surface area (Å²) in [4.78, 5) is 38.0. The van der Waals surface area contributed by atoms with Gasteiger partial charge in [0.05, 0.1) is 0 Å². The first-order chi connectivity index (χ1) is 32.0. The fourth-order valence-electron chi connectivity index (χ4n) is 6.93. The van der Waals surface area contributed by atoms with Crippen LogP contribution in [0, 0.1) is 0 Å². The Morgan fingerprint density at radius 1 is 0.323 bits per heavy atom. The molecule has 0 saturated carbocycles. The Kier molecular flexibility index (Phi) is 49.5. The van der Waals surface area contributed by atoms with E-state index in [4.69, 9.17) is 14.2 Å². The molecule has 1 unspecified atom stereocenters. The maximum atomic E-state index is 12.8. The van der Waals surface area contributed by atoms with Gasteiger partial charge in [0, 0.05) is 19.3 Å². The van der Waals surface area contributed by atoms with Crippen LogP contribution in [0.2, 0.25) is 0 Å². The van der Waals surface area contributed by atoms with Crippen molar-refractivity contribution in [3.63, 3.8) is 0 Å². The van der Waals surface area contributed by atoms with Gasteiger partial charge >= 0.3 is 17.9 Å². The number of carbonyl (C=O) groups excluding carboxylic acids is 3. The van der Waals surface area contributed by atoms with E-state index in [1.807, 2.05) is 60.8 Å². The lowest BCUT2D eigenvalue weighted by Gasteiger charge is -2.18. The first-order valence-corrected chi connectivity index (χ1v) is 26.5. The van der Waals surface area contributed by atoms with E-state index >= 15 is 0 Å². The van der Waals surface area contributed by atoms with Crippen LogP contribution >= 0.6 is 0 Å². The summed E-state index contributed by atoms with van der Waals surface area (Å²) in [6.07, 6.45) is 70.7. The molecule has 0 spiro atoms. The SMILES string of the molecule is CC\C=C/C=C\C=C/C=C\C=C\C=C/CCCCCC(=O)OC(COC(=O)CCCCCCC/C=C\C=C/CCCCCCCCC)COC(=O)CCCCCCC/C=C\CCCCC. The van der Waals surface area contributed by atoms with Gasteiger partial charge in [0.15, 0.2) is 6.10 Å². The minimum Gasteiger partial charge on any atom is -0.462 e.